The van der Waals surface area contributed by atoms with Gasteiger partial charge >= 0.3 is 0 Å². The van der Waals surface area contributed by atoms with Crippen molar-refractivity contribution in [3.63, 3.8) is 0 Å². The quantitative estimate of drug-likeness (QED) is 0.786. The third-order valence-electron chi connectivity index (χ3n) is 3.29. The Balaban J connectivity index is 1.79. The zero-order valence-corrected chi connectivity index (χ0v) is 11.1. The summed E-state index contributed by atoms with van der Waals surface area (Å²) in [4.78, 5) is 4.25. The second-order valence-corrected chi connectivity index (χ2v) is 4.61. The van der Waals surface area contributed by atoms with E-state index < -0.39 is 0 Å². The molecule has 0 aliphatic carbocycles. The van der Waals surface area contributed by atoms with Crippen LogP contribution in [0.1, 0.15) is 11.3 Å². The molecule has 0 fully saturated rings. The van der Waals surface area contributed by atoms with Gasteiger partial charge in [-0.2, -0.15) is 0 Å². The maximum absolute atomic E-state index is 5.85. The molecule has 0 atom stereocenters. The average molecular weight is 264 g/mol. The fraction of sp³-hybridized carbons (Fsp3) is 0.118. The van der Waals surface area contributed by atoms with Gasteiger partial charge in [0.25, 0.3) is 0 Å². The van der Waals surface area contributed by atoms with Crippen molar-refractivity contribution in [2.45, 2.75) is 13.2 Å². The zero-order valence-electron chi connectivity index (χ0n) is 11.1. The van der Waals surface area contributed by atoms with Gasteiger partial charge in [-0.3, -0.25) is 4.98 Å². The number of fused-ring (bicyclic) bond motifs is 1. The van der Waals surface area contributed by atoms with E-state index in [9.17, 15) is 0 Å². The Morgan fingerprint density at radius 1 is 0.950 bits per heavy atom. The third-order valence-corrected chi connectivity index (χ3v) is 3.29. The molecule has 0 spiro atoms. The Kier molecular flexibility index (Phi) is 3.61. The summed E-state index contributed by atoms with van der Waals surface area (Å²) < 4.78 is 5.85. The molecule has 2 aromatic carbocycles. The van der Waals surface area contributed by atoms with E-state index in [0.717, 1.165) is 17.0 Å². The van der Waals surface area contributed by atoms with Crippen molar-refractivity contribution in [3.8, 4) is 5.75 Å². The van der Waals surface area contributed by atoms with Gasteiger partial charge in [0, 0.05) is 18.3 Å². The molecule has 0 saturated heterocycles. The van der Waals surface area contributed by atoms with Crippen LogP contribution in [0.5, 0.6) is 5.75 Å². The summed E-state index contributed by atoms with van der Waals surface area (Å²) in [6.45, 7) is 0.913. The minimum absolute atomic E-state index is 0.428. The minimum Gasteiger partial charge on any atom is -0.489 e. The number of ether oxygens (including phenoxy) is 1. The summed E-state index contributed by atoms with van der Waals surface area (Å²) in [5.41, 5.74) is 7.59. The summed E-state index contributed by atoms with van der Waals surface area (Å²) in [6, 6.07) is 18.2. The molecule has 3 nitrogen and oxygen atoms in total. The minimum atomic E-state index is 0.428. The van der Waals surface area contributed by atoms with Gasteiger partial charge in [0.2, 0.25) is 0 Å². The monoisotopic (exact) mass is 264 g/mol. The summed E-state index contributed by atoms with van der Waals surface area (Å²) in [6.07, 6.45) is 1.75. The van der Waals surface area contributed by atoms with E-state index in [1.54, 1.807) is 6.20 Å². The van der Waals surface area contributed by atoms with Crippen LogP contribution in [0.4, 0.5) is 0 Å². The fourth-order valence-electron chi connectivity index (χ4n) is 2.20. The lowest BCUT2D eigenvalue weighted by Gasteiger charge is -2.09. The highest BCUT2D eigenvalue weighted by Gasteiger charge is 2.03. The summed E-state index contributed by atoms with van der Waals surface area (Å²) in [7, 11) is 0. The van der Waals surface area contributed by atoms with Crippen molar-refractivity contribution in [3.05, 3.63) is 72.1 Å². The second-order valence-electron chi connectivity index (χ2n) is 4.61. The first kappa shape index (κ1) is 12.6. The molecule has 0 radical (unpaired) electrons. The highest BCUT2D eigenvalue weighted by molar-refractivity contribution is 5.83. The Labute approximate surface area is 118 Å². The lowest BCUT2D eigenvalue weighted by atomic mass is 10.1. The van der Waals surface area contributed by atoms with Crippen LogP contribution in [0, 0.1) is 0 Å². The van der Waals surface area contributed by atoms with Gasteiger partial charge in [0.15, 0.2) is 0 Å². The van der Waals surface area contributed by atoms with Gasteiger partial charge in [0.1, 0.15) is 12.4 Å². The van der Waals surface area contributed by atoms with E-state index in [-0.39, 0.29) is 0 Å². The number of nitrogens with two attached hydrogens (primary N) is 1. The van der Waals surface area contributed by atoms with Gasteiger partial charge in [0.05, 0.1) is 5.69 Å². The molecule has 0 amide bonds. The van der Waals surface area contributed by atoms with Crippen LogP contribution in [0.3, 0.4) is 0 Å². The van der Waals surface area contributed by atoms with Crippen LogP contribution in [-0.2, 0) is 13.2 Å². The van der Waals surface area contributed by atoms with Crippen molar-refractivity contribution in [1.82, 2.24) is 4.98 Å². The Morgan fingerprint density at radius 3 is 2.65 bits per heavy atom. The molecule has 0 unspecified atom stereocenters. The molecular weight excluding hydrogens is 248 g/mol. The molecule has 1 aromatic heterocycles. The molecule has 1 heterocycles. The van der Waals surface area contributed by atoms with Crippen molar-refractivity contribution in [2.75, 3.05) is 0 Å². The van der Waals surface area contributed by atoms with Crippen molar-refractivity contribution >= 4 is 10.8 Å². The van der Waals surface area contributed by atoms with E-state index in [2.05, 4.69) is 23.2 Å². The highest BCUT2D eigenvalue weighted by atomic mass is 16.5. The summed E-state index contributed by atoms with van der Waals surface area (Å²) in [5, 5.41) is 2.39. The van der Waals surface area contributed by atoms with E-state index in [1.165, 1.54) is 10.8 Å². The fourth-order valence-corrected chi connectivity index (χ4v) is 2.20. The summed E-state index contributed by atoms with van der Waals surface area (Å²) in [5.74, 6) is 0.857. The lowest BCUT2D eigenvalue weighted by Crippen LogP contribution is -2.06. The largest absolute Gasteiger partial charge is 0.489 e. The van der Waals surface area contributed by atoms with E-state index in [0.29, 0.717) is 13.2 Å². The zero-order chi connectivity index (χ0) is 13.8. The molecule has 100 valence electrons. The van der Waals surface area contributed by atoms with Crippen LogP contribution in [0.15, 0.2) is 60.8 Å². The molecule has 20 heavy (non-hydrogen) atoms. The van der Waals surface area contributed by atoms with Gasteiger partial charge in [-0.15, -0.1) is 0 Å². The third kappa shape index (κ3) is 2.63. The SMILES string of the molecule is NCc1ncccc1COc1ccc2ccccc2c1. The normalized spacial score (nSPS) is 10.7. The number of rotatable bonds is 4. The first-order valence-corrected chi connectivity index (χ1v) is 6.61. The molecule has 3 aromatic rings. The molecule has 0 aliphatic rings. The van der Waals surface area contributed by atoms with E-state index in [4.69, 9.17) is 10.5 Å². The number of pyridine rings is 1. The van der Waals surface area contributed by atoms with Crippen molar-refractivity contribution in [2.24, 2.45) is 5.73 Å². The number of aromatic nitrogens is 1. The first-order valence-electron chi connectivity index (χ1n) is 6.61. The number of hydrogen-bond acceptors (Lipinski definition) is 3. The van der Waals surface area contributed by atoms with Crippen LogP contribution in [0.25, 0.3) is 10.8 Å². The topological polar surface area (TPSA) is 48.1 Å². The molecule has 3 heteroatoms. The Bertz CT molecular complexity index is 725. The number of benzene rings is 2. The van der Waals surface area contributed by atoms with Gasteiger partial charge < -0.3 is 10.5 Å². The Morgan fingerprint density at radius 2 is 1.80 bits per heavy atom. The molecular formula is C17H16N2O. The van der Waals surface area contributed by atoms with Crippen LogP contribution in [-0.4, -0.2) is 4.98 Å². The lowest BCUT2D eigenvalue weighted by molar-refractivity contribution is 0.305. The maximum Gasteiger partial charge on any atom is 0.120 e. The summed E-state index contributed by atoms with van der Waals surface area (Å²) >= 11 is 0. The number of nitrogens with zero attached hydrogens (tertiary/aromatic N) is 1. The van der Waals surface area contributed by atoms with E-state index >= 15 is 0 Å². The maximum atomic E-state index is 5.85. The average Bonchev–Trinajstić information content (AvgIpc) is 2.53. The van der Waals surface area contributed by atoms with Gasteiger partial charge in [-0.25, -0.2) is 0 Å². The molecule has 0 saturated carbocycles. The Hall–Kier alpha value is -2.39. The first-order chi connectivity index (χ1) is 9.86. The van der Waals surface area contributed by atoms with Crippen molar-refractivity contribution < 1.29 is 4.74 Å². The smallest absolute Gasteiger partial charge is 0.120 e. The molecule has 0 aliphatic heterocycles. The van der Waals surface area contributed by atoms with Gasteiger partial charge in [-0.1, -0.05) is 36.4 Å². The van der Waals surface area contributed by atoms with Crippen molar-refractivity contribution in [1.29, 1.82) is 0 Å². The predicted octanol–water partition coefficient (Wildman–Crippen LogP) is 3.27. The predicted molar refractivity (Wildman–Crippen MR) is 80.4 cm³/mol. The highest BCUT2D eigenvalue weighted by Crippen LogP contribution is 2.21. The molecule has 0 bridgehead atoms. The van der Waals surface area contributed by atoms with Crippen LogP contribution in [0.2, 0.25) is 0 Å². The second kappa shape index (κ2) is 5.72. The van der Waals surface area contributed by atoms with Crippen LogP contribution < -0.4 is 10.5 Å². The molecule has 2 N–H and O–H groups in total. The molecule has 3 rings (SSSR count). The van der Waals surface area contributed by atoms with Gasteiger partial charge in [-0.05, 0) is 29.0 Å². The standard InChI is InChI=1S/C17H16N2O/c18-11-17-15(6-3-9-19-17)12-20-16-8-7-13-4-1-2-5-14(13)10-16/h1-10H,11-12,18H2. The van der Waals surface area contributed by atoms with Crippen LogP contribution >= 0.6 is 0 Å². The van der Waals surface area contributed by atoms with E-state index in [1.807, 2.05) is 36.4 Å². The number of hydrogen-bond donors (Lipinski definition) is 1.